The van der Waals surface area contributed by atoms with E-state index in [-0.39, 0.29) is 5.75 Å². The fraction of sp³-hybridized carbons (Fsp3) is 0.176. The lowest BCUT2D eigenvalue weighted by Gasteiger charge is -2.06. The number of phenols is 1. The van der Waals surface area contributed by atoms with Crippen LogP contribution in [-0.4, -0.2) is 22.5 Å². The van der Waals surface area contributed by atoms with Crippen molar-refractivity contribution in [2.24, 2.45) is 17.3 Å². The fourth-order valence-corrected chi connectivity index (χ4v) is 3.21. The molecule has 6 heteroatoms. The molecule has 0 radical (unpaired) electrons. The van der Waals surface area contributed by atoms with Gasteiger partial charge in [0.15, 0.2) is 11.5 Å². The minimum atomic E-state index is 0.0778. The van der Waals surface area contributed by atoms with E-state index in [1.165, 1.54) is 6.21 Å². The molecule has 0 bridgehead atoms. The van der Waals surface area contributed by atoms with Crippen molar-refractivity contribution >= 4 is 27.8 Å². The van der Waals surface area contributed by atoms with Gasteiger partial charge in [0, 0.05) is 12.6 Å². The van der Waals surface area contributed by atoms with Gasteiger partial charge in [0.1, 0.15) is 0 Å². The van der Waals surface area contributed by atoms with E-state index in [0.717, 1.165) is 15.0 Å². The number of phenolic OH excluding ortho intramolecular Hbond substituents is 1. The highest BCUT2D eigenvalue weighted by atomic mass is 32.1. The first-order valence-electron chi connectivity index (χ1n) is 7.27. The van der Waals surface area contributed by atoms with Crippen LogP contribution < -0.4 is 9.54 Å². The number of hydrogen-bond acceptors (Lipinski definition) is 5. The Morgan fingerprint density at radius 1 is 1.22 bits per heavy atom. The van der Waals surface area contributed by atoms with Gasteiger partial charge in [-0.15, -0.1) is 5.10 Å². The quantitative estimate of drug-likeness (QED) is 0.590. The van der Waals surface area contributed by atoms with Crippen LogP contribution in [0.3, 0.4) is 0 Å². The van der Waals surface area contributed by atoms with E-state index in [2.05, 4.69) is 16.3 Å². The largest absolute Gasteiger partial charge is 0.504 e. The molecular formula is C17H17N3O2S. The second-order valence-corrected chi connectivity index (χ2v) is 5.89. The molecular weight excluding hydrogens is 310 g/mol. The molecule has 23 heavy (non-hydrogen) atoms. The zero-order chi connectivity index (χ0) is 16.2. The lowest BCUT2D eigenvalue weighted by Crippen LogP contribution is -2.08. The van der Waals surface area contributed by atoms with Crippen molar-refractivity contribution < 1.29 is 9.84 Å². The number of benzene rings is 2. The van der Waals surface area contributed by atoms with Crippen molar-refractivity contribution in [3.63, 3.8) is 0 Å². The third kappa shape index (κ3) is 3.12. The van der Waals surface area contributed by atoms with Crippen molar-refractivity contribution in [2.45, 2.75) is 6.92 Å². The summed E-state index contributed by atoms with van der Waals surface area (Å²) < 4.78 is 8.51. The molecule has 0 saturated heterocycles. The Labute approximate surface area is 137 Å². The highest BCUT2D eigenvalue weighted by Crippen LogP contribution is 2.28. The van der Waals surface area contributed by atoms with Gasteiger partial charge in [-0.1, -0.05) is 29.5 Å². The minimum absolute atomic E-state index is 0.0778. The molecule has 0 unspecified atom stereocenters. The van der Waals surface area contributed by atoms with E-state index >= 15 is 0 Å². The van der Waals surface area contributed by atoms with Crippen LogP contribution in [0.1, 0.15) is 12.5 Å². The molecule has 3 aromatic rings. The van der Waals surface area contributed by atoms with E-state index < -0.39 is 0 Å². The van der Waals surface area contributed by atoms with Gasteiger partial charge < -0.3 is 14.4 Å². The summed E-state index contributed by atoms with van der Waals surface area (Å²) in [6, 6.07) is 13.4. The number of aryl methyl sites for hydroxylation is 1. The molecule has 0 fully saturated rings. The van der Waals surface area contributed by atoms with Crippen molar-refractivity contribution in [1.82, 2.24) is 4.57 Å². The van der Waals surface area contributed by atoms with Gasteiger partial charge in [0.05, 0.1) is 23.0 Å². The van der Waals surface area contributed by atoms with Gasteiger partial charge >= 0.3 is 0 Å². The SMILES string of the molecule is CCOc1cccc(/C=N/N=c2sc3ccccc3n2C)c1O. The van der Waals surface area contributed by atoms with Crippen LogP contribution in [0, 0.1) is 0 Å². The molecule has 2 aromatic carbocycles. The molecule has 5 nitrogen and oxygen atoms in total. The summed E-state index contributed by atoms with van der Waals surface area (Å²) in [5.74, 6) is 0.526. The summed E-state index contributed by atoms with van der Waals surface area (Å²) in [6.45, 7) is 2.37. The summed E-state index contributed by atoms with van der Waals surface area (Å²) >= 11 is 1.57. The Morgan fingerprint density at radius 2 is 2.04 bits per heavy atom. The van der Waals surface area contributed by atoms with Crippen molar-refractivity contribution in [1.29, 1.82) is 0 Å². The molecule has 0 aliphatic rings. The number of hydrogen-bond donors (Lipinski definition) is 1. The van der Waals surface area contributed by atoms with Crippen LogP contribution >= 0.6 is 11.3 Å². The van der Waals surface area contributed by atoms with Crippen molar-refractivity contribution in [3.8, 4) is 11.5 Å². The molecule has 0 amide bonds. The van der Waals surface area contributed by atoms with Crippen LogP contribution in [0.25, 0.3) is 10.2 Å². The van der Waals surface area contributed by atoms with Gasteiger partial charge in [-0.25, -0.2) is 0 Å². The van der Waals surface area contributed by atoms with Crippen LogP contribution in [0.2, 0.25) is 0 Å². The Bertz CT molecular complexity index is 925. The first-order chi connectivity index (χ1) is 11.2. The number of nitrogens with zero attached hydrogens (tertiary/aromatic N) is 3. The number of ether oxygens (including phenoxy) is 1. The molecule has 3 rings (SSSR count). The summed E-state index contributed by atoms with van der Waals surface area (Å²) in [4.78, 5) is 0.794. The Balaban J connectivity index is 1.94. The maximum Gasteiger partial charge on any atom is 0.211 e. The second-order valence-electron chi connectivity index (χ2n) is 4.88. The number of rotatable bonds is 4. The lowest BCUT2D eigenvalue weighted by atomic mass is 10.2. The Kier molecular flexibility index (Phi) is 4.43. The van der Waals surface area contributed by atoms with Crippen LogP contribution in [0.5, 0.6) is 11.5 Å². The maximum absolute atomic E-state index is 10.1. The third-order valence-electron chi connectivity index (χ3n) is 3.38. The van der Waals surface area contributed by atoms with Gasteiger partial charge in [-0.3, -0.25) is 0 Å². The highest BCUT2D eigenvalue weighted by molar-refractivity contribution is 7.16. The minimum Gasteiger partial charge on any atom is -0.504 e. The summed E-state index contributed by atoms with van der Waals surface area (Å²) in [7, 11) is 1.96. The van der Waals surface area contributed by atoms with Gasteiger partial charge in [-0.2, -0.15) is 5.10 Å². The zero-order valence-corrected chi connectivity index (χ0v) is 13.7. The first kappa shape index (κ1) is 15.3. The van der Waals surface area contributed by atoms with Gasteiger partial charge in [0.25, 0.3) is 0 Å². The number of aromatic hydroxyl groups is 1. The second kappa shape index (κ2) is 6.66. The van der Waals surface area contributed by atoms with Gasteiger partial charge in [0.2, 0.25) is 4.80 Å². The molecule has 1 aromatic heterocycles. The van der Waals surface area contributed by atoms with E-state index in [0.29, 0.717) is 17.9 Å². The summed E-state index contributed by atoms with van der Waals surface area (Å²) in [5, 5.41) is 18.5. The summed E-state index contributed by atoms with van der Waals surface area (Å²) in [5.41, 5.74) is 1.69. The molecule has 118 valence electrons. The molecule has 0 aliphatic carbocycles. The summed E-state index contributed by atoms with van der Waals surface area (Å²) in [6.07, 6.45) is 1.53. The average molecular weight is 327 g/mol. The van der Waals surface area contributed by atoms with E-state index in [1.807, 2.05) is 42.8 Å². The zero-order valence-electron chi connectivity index (χ0n) is 12.9. The normalized spacial score (nSPS) is 12.3. The van der Waals surface area contributed by atoms with Crippen molar-refractivity contribution in [3.05, 3.63) is 52.8 Å². The fourth-order valence-electron chi connectivity index (χ4n) is 2.23. The molecule has 0 spiro atoms. The lowest BCUT2D eigenvalue weighted by molar-refractivity contribution is 0.318. The predicted octanol–water partition coefficient (Wildman–Crippen LogP) is 3.28. The number of aromatic nitrogens is 1. The third-order valence-corrected chi connectivity index (χ3v) is 4.49. The van der Waals surface area contributed by atoms with E-state index in [9.17, 15) is 5.11 Å². The predicted molar refractivity (Wildman–Crippen MR) is 93.2 cm³/mol. The monoisotopic (exact) mass is 327 g/mol. The molecule has 0 aliphatic heterocycles. The van der Waals surface area contributed by atoms with E-state index in [1.54, 1.807) is 23.5 Å². The van der Waals surface area contributed by atoms with Crippen LogP contribution in [-0.2, 0) is 7.05 Å². The maximum atomic E-state index is 10.1. The van der Waals surface area contributed by atoms with Crippen molar-refractivity contribution in [2.75, 3.05) is 6.61 Å². The van der Waals surface area contributed by atoms with Gasteiger partial charge in [-0.05, 0) is 31.2 Å². The molecule has 0 saturated carbocycles. The number of fused-ring (bicyclic) bond motifs is 1. The number of para-hydroxylation sites is 2. The molecule has 0 atom stereocenters. The smallest absolute Gasteiger partial charge is 0.211 e. The first-order valence-corrected chi connectivity index (χ1v) is 8.08. The average Bonchev–Trinajstić information content (AvgIpc) is 2.88. The topological polar surface area (TPSA) is 59.1 Å². The highest BCUT2D eigenvalue weighted by Gasteiger charge is 2.05. The van der Waals surface area contributed by atoms with E-state index in [4.69, 9.17) is 4.74 Å². The Morgan fingerprint density at radius 3 is 2.83 bits per heavy atom. The Hall–Kier alpha value is -2.60. The standard InChI is InChI=1S/C17H17N3O2S/c1-3-22-14-9-6-7-12(16(14)21)11-18-19-17-20(2)13-8-4-5-10-15(13)23-17/h4-11,21H,3H2,1-2H3/b18-11+,19-17?. The van der Waals surface area contributed by atoms with Crippen LogP contribution in [0.15, 0.2) is 52.7 Å². The molecule has 1 heterocycles. The molecule has 1 N–H and O–H groups in total. The number of thiazole rings is 1. The van der Waals surface area contributed by atoms with Crippen LogP contribution in [0.4, 0.5) is 0 Å².